The van der Waals surface area contributed by atoms with Gasteiger partial charge < -0.3 is 5.32 Å². The smallest absolute Gasteiger partial charge is 0.205 e. The molecule has 0 amide bonds. The van der Waals surface area contributed by atoms with Gasteiger partial charge in [-0.3, -0.25) is 9.10 Å². The van der Waals surface area contributed by atoms with E-state index in [1.54, 1.807) is 18.5 Å². The van der Waals surface area contributed by atoms with Crippen molar-refractivity contribution in [3.05, 3.63) is 50.7 Å². The largest absolute Gasteiger partial charge is 0.337 e. The Morgan fingerprint density at radius 3 is 2.77 bits per heavy atom. The van der Waals surface area contributed by atoms with Crippen molar-refractivity contribution < 1.29 is 4.79 Å². The second kappa shape index (κ2) is 7.94. The van der Waals surface area contributed by atoms with Gasteiger partial charge in [0.2, 0.25) is 5.78 Å². The van der Waals surface area contributed by atoms with Crippen LogP contribution in [0.15, 0.2) is 34.8 Å². The summed E-state index contributed by atoms with van der Waals surface area (Å²) in [7, 11) is 3.69. The monoisotopic (exact) mass is 374 g/mol. The Balaban J connectivity index is 2.27. The number of nitrogens with zero attached hydrogens (tertiary/aromatic N) is 3. The summed E-state index contributed by atoms with van der Waals surface area (Å²) in [6, 6.07) is 3.10. The summed E-state index contributed by atoms with van der Waals surface area (Å²) < 4.78 is 1.81. The molecule has 22 heavy (non-hydrogen) atoms. The third-order valence-corrected chi connectivity index (χ3v) is 4.39. The molecule has 0 aliphatic carbocycles. The van der Waals surface area contributed by atoms with Crippen LogP contribution in [0, 0.1) is 0 Å². The van der Waals surface area contributed by atoms with E-state index in [4.69, 9.17) is 23.2 Å². The maximum Gasteiger partial charge on any atom is 0.205 e. The topological polar surface area (TPSA) is 58.1 Å². The van der Waals surface area contributed by atoms with Gasteiger partial charge in [-0.2, -0.15) is 0 Å². The third-order valence-electron chi connectivity index (χ3n) is 2.32. The molecular formula is C13H12Cl2N4OS2. The quantitative estimate of drug-likeness (QED) is 0.354. The van der Waals surface area contributed by atoms with E-state index in [0.717, 1.165) is 0 Å². The van der Waals surface area contributed by atoms with Gasteiger partial charge in [-0.15, -0.1) is 11.3 Å². The number of carbonyl (C=O) groups excluding carboxylic acids is 1. The lowest BCUT2D eigenvalue weighted by molar-refractivity contribution is 0.104. The Hall–Kier alpha value is -1.12. The minimum Gasteiger partial charge on any atom is -0.337 e. The summed E-state index contributed by atoms with van der Waals surface area (Å²) in [5.41, 5.74) is 0.299. The molecular weight excluding hydrogens is 363 g/mol. The van der Waals surface area contributed by atoms with E-state index in [1.165, 1.54) is 29.4 Å². The molecule has 5 nitrogen and oxygen atoms in total. The van der Waals surface area contributed by atoms with E-state index in [-0.39, 0.29) is 16.1 Å². The lowest BCUT2D eigenvalue weighted by Gasteiger charge is -2.12. The molecule has 2 aromatic rings. The van der Waals surface area contributed by atoms with Gasteiger partial charge >= 0.3 is 0 Å². The molecule has 0 unspecified atom stereocenters. The fourth-order valence-corrected chi connectivity index (χ4v) is 3.09. The maximum absolute atomic E-state index is 12.6. The van der Waals surface area contributed by atoms with Crippen molar-refractivity contribution in [1.82, 2.24) is 14.3 Å². The van der Waals surface area contributed by atoms with Crippen LogP contribution in [-0.2, 0) is 0 Å². The summed E-state index contributed by atoms with van der Waals surface area (Å²) in [6.07, 6.45) is 3.29. The summed E-state index contributed by atoms with van der Waals surface area (Å²) >= 11 is 14.5. The van der Waals surface area contributed by atoms with Crippen molar-refractivity contribution in [1.29, 1.82) is 0 Å². The number of anilines is 1. The second-order valence-electron chi connectivity index (χ2n) is 4.20. The van der Waals surface area contributed by atoms with Gasteiger partial charge in [-0.05, 0) is 38.2 Å². The Kier molecular flexibility index (Phi) is 6.22. The van der Waals surface area contributed by atoms with Crippen LogP contribution in [-0.4, -0.2) is 34.2 Å². The highest BCUT2D eigenvalue weighted by Gasteiger charge is 2.18. The number of rotatable bonds is 6. The van der Waals surface area contributed by atoms with Crippen LogP contribution in [0.5, 0.6) is 0 Å². The number of nitrogens with one attached hydrogen (secondary N) is 1. The summed E-state index contributed by atoms with van der Waals surface area (Å²) in [5.74, 6) is -0.239. The van der Waals surface area contributed by atoms with E-state index in [0.29, 0.717) is 15.6 Å². The molecule has 0 aliphatic heterocycles. The van der Waals surface area contributed by atoms with Gasteiger partial charge in [0.05, 0.1) is 10.5 Å². The average Bonchev–Trinajstić information content (AvgIpc) is 2.95. The number of ketones is 1. The molecule has 0 fully saturated rings. The highest BCUT2D eigenvalue weighted by atomic mass is 35.5. The number of hydrogen-bond donors (Lipinski definition) is 1. The molecule has 0 aromatic carbocycles. The summed E-state index contributed by atoms with van der Waals surface area (Å²) in [5, 5.41) is 5.87. The SMILES string of the molecule is CN(C)S/C(=C\Nc1nccs1)C(=O)c1ccc(Cl)nc1Cl. The first-order chi connectivity index (χ1) is 10.5. The molecule has 2 rings (SSSR count). The lowest BCUT2D eigenvalue weighted by Crippen LogP contribution is -2.10. The normalized spacial score (nSPS) is 11.8. The number of hydrogen-bond acceptors (Lipinski definition) is 7. The first-order valence-corrected chi connectivity index (χ1v) is 8.46. The van der Waals surface area contributed by atoms with Gasteiger partial charge in [-0.1, -0.05) is 23.2 Å². The minimum absolute atomic E-state index is 0.0806. The number of allylic oxidation sites excluding steroid dienone is 1. The minimum atomic E-state index is -0.239. The van der Waals surface area contributed by atoms with Crippen LogP contribution >= 0.6 is 46.5 Å². The van der Waals surface area contributed by atoms with Crippen LogP contribution < -0.4 is 5.32 Å². The highest BCUT2D eigenvalue weighted by Crippen LogP contribution is 2.26. The van der Waals surface area contributed by atoms with Crippen LogP contribution in [0.3, 0.4) is 0 Å². The van der Waals surface area contributed by atoms with E-state index in [9.17, 15) is 4.79 Å². The molecule has 116 valence electrons. The fourth-order valence-electron chi connectivity index (χ4n) is 1.47. The average molecular weight is 375 g/mol. The fraction of sp³-hybridized carbons (Fsp3) is 0.154. The summed E-state index contributed by atoms with van der Waals surface area (Å²) in [4.78, 5) is 21.1. The lowest BCUT2D eigenvalue weighted by atomic mass is 10.2. The van der Waals surface area contributed by atoms with E-state index in [2.05, 4.69) is 15.3 Å². The number of thiazole rings is 1. The number of pyridine rings is 1. The Bertz CT molecular complexity index is 689. The molecule has 2 heterocycles. The summed E-state index contributed by atoms with van der Waals surface area (Å²) in [6.45, 7) is 0. The molecule has 0 spiro atoms. The Morgan fingerprint density at radius 2 is 2.18 bits per heavy atom. The van der Waals surface area contributed by atoms with Crippen molar-refractivity contribution >= 4 is 57.4 Å². The molecule has 0 aliphatic rings. The standard InChI is InChI=1S/C13H12Cl2N4OS2/c1-19(2)22-9(7-17-13-16-5-6-21-13)11(20)8-3-4-10(14)18-12(8)15/h3-7H,1-2H3,(H,16,17)/b9-7-. The predicted octanol–water partition coefficient (Wildman–Crippen LogP) is 4.19. The molecule has 0 saturated heterocycles. The van der Waals surface area contributed by atoms with Crippen molar-refractivity contribution in [2.75, 3.05) is 19.4 Å². The third kappa shape index (κ3) is 4.69. The highest BCUT2D eigenvalue weighted by molar-refractivity contribution is 8.01. The number of aromatic nitrogens is 2. The first kappa shape index (κ1) is 17.2. The molecule has 0 atom stereocenters. The van der Waals surface area contributed by atoms with Crippen LogP contribution in [0.4, 0.5) is 5.13 Å². The van der Waals surface area contributed by atoms with Crippen molar-refractivity contribution in [3.63, 3.8) is 0 Å². The molecule has 1 N–H and O–H groups in total. The van der Waals surface area contributed by atoms with E-state index >= 15 is 0 Å². The number of Topliss-reactive ketones (excluding diaryl/α,β-unsaturated/α-hetero) is 1. The van der Waals surface area contributed by atoms with Crippen LogP contribution in [0.25, 0.3) is 0 Å². The van der Waals surface area contributed by atoms with Gasteiger partial charge in [0.25, 0.3) is 0 Å². The predicted molar refractivity (Wildman–Crippen MR) is 93.7 cm³/mol. The van der Waals surface area contributed by atoms with Gasteiger partial charge in [-0.25, -0.2) is 9.97 Å². The van der Waals surface area contributed by atoms with Crippen LogP contribution in [0.2, 0.25) is 10.3 Å². The van der Waals surface area contributed by atoms with Crippen molar-refractivity contribution in [3.8, 4) is 0 Å². The first-order valence-electron chi connectivity index (χ1n) is 6.05. The van der Waals surface area contributed by atoms with E-state index in [1.807, 2.05) is 23.8 Å². The molecule has 0 saturated carbocycles. The number of carbonyl (C=O) groups is 1. The Morgan fingerprint density at radius 1 is 1.41 bits per heavy atom. The molecule has 0 bridgehead atoms. The maximum atomic E-state index is 12.6. The molecule has 0 radical (unpaired) electrons. The molecule has 2 aromatic heterocycles. The van der Waals surface area contributed by atoms with Gasteiger partial charge in [0.15, 0.2) is 5.13 Å². The van der Waals surface area contributed by atoms with Crippen molar-refractivity contribution in [2.24, 2.45) is 0 Å². The van der Waals surface area contributed by atoms with Gasteiger partial charge in [0, 0.05) is 17.8 Å². The number of halogens is 2. The van der Waals surface area contributed by atoms with Crippen LogP contribution in [0.1, 0.15) is 10.4 Å². The second-order valence-corrected chi connectivity index (χ2v) is 7.19. The molecule has 9 heteroatoms. The van der Waals surface area contributed by atoms with E-state index < -0.39 is 0 Å². The van der Waals surface area contributed by atoms with Gasteiger partial charge in [0.1, 0.15) is 10.3 Å². The zero-order chi connectivity index (χ0) is 16.1. The zero-order valence-electron chi connectivity index (χ0n) is 11.7. The van der Waals surface area contributed by atoms with Crippen molar-refractivity contribution in [2.45, 2.75) is 0 Å². The Labute approximate surface area is 146 Å². The zero-order valence-corrected chi connectivity index (χ0v) is 14.9.